The van der Waals surface area contributed by atoms with E-state index >= 15 is 0 Å². The number of aromatic nitrogens is 2. The van der Waals surface area contributed by atoms with Gasteiger partial charge in [0.2, 0.25) is 0 Å². The van der Waals surface area contributed by atoms with Crippen LogP contribution >= 0.6 is 0 Å². The summed E-state index contributed by atoms with van der Waals surface area (Å²) in [5.74, 6) is 2.52. The Bertz CT molecular complexity index is 610. The summed E-state index contributed by atoms with van der Waals surface area (Å²) in [6.07, 6.45) is 6.17. The first-order valence-electron chi connectivity index (χ1n) is 9.45. The molecule has 0 aromatic carbocycles. The van der Waals surface area contributed by atoms with Gasteiger partial charge in [0.25, 0.3) is 0 Å². The molecule has 1 aromatic heterocycles. The van der Waals surface area contributed by atoms with Crippen LogP contribution in [0.1, 0.15) is 65.1 Å². The van der Waals surface area contributed by atoms with E-state index in [1.54, 1.807) is 0 Å². The van der Waals surface area contributed by atoms with E-state index in [0.29, 0.717) is 19.0 Å². The van der Waals surface area contributed by atoms with Crippen LogP contribution in [0.5, 0.6) is 0 Å². The topological polar surface area (TPSA) is 58.6 Å². The summed E-state index contributed by atoms with van der Waals surface area (Å²) in [6.45, 7) is 10.0. The van der Waals surface area contributed by atoms with Crippen molar-refractivity contribution in [2.45, 2.75) is 70.9 Å². The summed E-state index contributed by atoms with van der Waals surface area (Å²) >= 11 is 0. The zero-order valence-corrected chi connectivity index (χ0v) is 15.9. The average Bonchev–Trinajstić information content (AvgIpc) is 3.38. The molecule has 2 fully saturated rings. The van der Waals surface area contributed by atoms with Crippen molar-refractivity contribution in [3.63, 3.8) is 0 Å². The van der Waals surface area contributed by atoms with Crippen LogP contribution in [0.2, 0.25) is 0 Å². The second-order valence-electron chi connectivity index (χ2n) is 8.11. The minimum atomic E-state index is -0.458. The number of hydrogen-bond donors (Lipinski definition) is 0. The highest BCUT2D eigenvalue weighted by atomic mass is 16.6. The second kappa shape index (κ2) is 7.18. The minimum Gasteiger partial charge on any atom is -0.444 e. The monoisotopic (exact) mass is 346 g/mol. The zero-order chi connectivity index (χ0) is 18.0. The number of amides is 1. The van der Waals surface area contributed by atoms with Gasteiger partial charge in [-0.05, 0) is 46.1 Å². The molecule has 3 rings (SSSR count). The number of carbonyl (C=O) groups excluding carboxylic acids is 1. The van der Waals surface area contributed by atoms with E-state index in [1.165, 1.54) is 12.8 Å². The van der Waals surface area contributed by atoms with Crippen LogP contribution in [0, 0.1) is 0 Å². The van der Waals surface area contributed by atoms with Crippen LogP contribution in [0.4, 0.5) is 10.6 Å². The van der Waals surface area contributed by atoms with Crippen molar-refractivity contribution in [2.75, 3.05) is 24.5 Å². The number of rotatable bonds is 4. The van der Waals surface area contributed by atoms with Gasteiger partial charge < -0.3 is 14.5 Å². The number of anilines is 1. The van der Waals surface area contributed by atoms with E-state index in [9.17, 15) is 4.79 Å². The van der Waals surface area contributed by atoms with Crippen molar-refractivity contribution in [3.8, 4) is 0 Å². The first kappa shape index (κ1) is 18.0. The first-order chi connectivity index (χ1) is 11.9. The molecule has 0 bridgehead atoms. The van der Waals surface area contributed by atoms with Gasteiger partial charge in [-0.15, -0.1) is 0 Å². The molecule has 6 heteroatoms. The smallest absolute Gasteiger partial charge is 0.410 e. The van der Waals surface area contributed by atoms with Gasteiger partial charge in [0.05, 0.1) is 0 Å². The molecule has 1 aliphatic heterocycles. The van der Waals surface area contributed by atoms with Crippen molar-refractivity contribution in [1.82, 2.24) is 14.9 Å². The van der Waals surface area contributed by atoms with E-state index in [1.807, 2.05) is 37.9 Å². The number of carbonyl (C=O) groups is 1. The van der Waals surface area contributed by atoms with Crippen LogP contribution in [0.3, 0.4) is 0 Å². The third-order valence-electron chi connectivity index (χ3n) is 4.65. The molecule has 1 aromatic rings. The Morgan fingerprint density at radius 2 is 2.08 bits per heavy atom. The van der Waals surface area contributed by atoms with Crippen LogP contribution in [-0.4, -0.2) is 52.2 Å². The largest absolute Gasteiger partial charge is 0.444 e. The molecular formula is C19H30N4O2. The number of hydrogen-bond acceptors (Lipinski definition) is 5. The molecule has 2 heterocycles. The Hall–Kier alpha value is -1.85. The maximum Gasteiger partial charge on any atom is 0.410 e. The Labute approximate surface area is 150 Å². The van der Waals surface area contributed by atoms with E-state index in [0.717, 1.165) is 31.0 Å². The van der Waals surface area contributed by atoms with E-state index in [-0.39, 0.29) is 12.1 Å². The number of ether oxygens (including phenoxy) is 1. The van der Waals surface area contributed by atoms with E-state index in [4.69, 9.17) is 9.72 Å². The van der Waals surface area contributed by atoms with Crippen LogP contribution in [0.15, 0.2) is 12.3 Å². The van der Waals surface area contributed by atoms with Gasteiger partial charge in [-0.25, -0.2) is 14.8 Å². The summed E-state index contributed by atoms with van der Waals surface area (Å²) in [7, 11) is 0. The fourth-order valence-corrected chi connectivity index (χ4v) is 3.29. The van der Waals surface area contributed by atoms with Gasteiger partial charge >= 0.3 is 6.09 Å². The summed E-state index contributed by atoms with van der Waals surface area (Å²) in [5, 5.41) is 0. The van der Waals surface area contributed by atoms with Crippen molar-refractivity contribution in [1.29, 1.82) is 0 Å². The predicted molar refractivity (Wildman–Crippen MR) is 97.9 cm³/mol. The highest BCUT2D eigenvalue weighted by molar-refractivity contribution is 5.68. The molecule has 1 saturated carbocycles. The summed E-state index contributed by atoms with van der Waals surface area (Å²) < 4.78 is 5.55. The lowest BCUT2D eigenvalue weighted by molar-refractivity contribution is 0.0211. The van der Waals surface area contributed by atoms with Gasteiger partial charge in [0, 0.05) is 37.8 Å². The lowest BCUT2D eigenvalue weighted by atomic mass is 10.1. The Balaban J connectivity index is 1.71. The normalized spacial score (nSPS) is 21.4. The van der Waals surface area contributed by atoms with Gasteiger partial charge in [0.1, 0.15) is 17.2 Å². The lowest BCUT2D eigenvalue weighted by Gasteiger charge is -2.42. The molecule has 1 amide bonds. The third kappa shape index (κ3) is 4.61. The van der Waals surface area contributed by atoms with Crippen molar-refractivity contribution in [2.24, 2.45) is 0 Å². The zero-order valence-electron chi connectivity index (χ0n) is 15.9. The Kier molecular flexibility index (Phi) is 5.16. The molecule has 6 nitrogen and oxygen atoms in total. The fraction of sp³-hybridized carbons (Fsp3) is 0.737. The molecule has 1 atom stereocenters. The molecule has 0 unspecified atom stereocenters. The molecule has 138 valence electrons. The van der Waals surface area contributed by atoms with Crippen LogP contribution in [-0.2, 0) is 4.74 Å². The molecule has 0 N–H and O–H groups in total. The Morgan fingerprint density at radius 1 is 1.32 bits per heavy atom. The number of nitrogens with zero attached hydrogens (tertiary/aromatic N) is 4. The first-order valence-corrected chi connectivity index (χ1v) is 9.45. The molecule has 1 saturated heterocycles. The van der Waals surface area contributed by atoms with Gasteiger partial charge in [-0.3, -0.25) is 0 Å². The quantitative estimate of drug-likeness (QED) is 0.834. The highest BCUT2D eigenvalue weighted by Gasteiger charge is 2.33. The van der Waals surface area contributed by atoms with Crippen molar-refractivity contribution >= 4 is 11.9 Å². The lowest BCUT2D eigenvalue weighted by Crippen LogP contribution is -2.56. The van der Waals surface area contributed by atoms with Gasteiger partial charge in [-0.1, -0.05) is 13.3 Å². The minimum absolute atomic E-state index is 0.213. The molecule has 1 aliphatic carbocycles. The summed E-state index contributed by atoms with van der Waals surface area (Å²) in [5.41, 5.74) is -0.458. The van der Waals surface area contributed by atoms with Crippen LogP contribution < -0.4 is 4.90 Å². The predicted octanol–water partition coefficient (Wildman–Crippen LogP) is 3.58. The summed E-state index contributed by atoms with van der Waals surface area (Å²) in [6, 6.07) is 2.27. The molecule has 25 heavy (non-hydrogen) atoms. The molecular weight excluding hydrogens is 316 g/mol. The number of piperazine rings is 1. The SMILES string of the molecule is CCC[C@H]1CN(C(=O)OC(C)(C)C)CCN1c1ccnc(C2CC2)n1. The molecule has 2 aliphatic rings. The second-order valence-corrected chi connectivity index (χ2v) is 8.11. The van der Waals surface area contributed by atoms with Gasteiger partial charge in [-0.2, -0.15) is 0 Å². The fourth-order valence-electron chi connectivity index (χ4n) is 3.29. The standard InChI is InChI=1S/C19H30N4O2/c1-5-6-15-13-22(18(24)25-19(2,3)4)11-12-23(15)16-9-10-20-17(21-16)14-7-8-14/h9-10,14-15H,5-8,11-13H2,1-4H3/t15-/m0/s1. The Morgan fingerprint density at radius 3 is 2.72 bits per heavy atom. The molecule has 0 radical (unpaired) electrons. The maximum atomic E-state index is 12.4. The summed E-state index contributed by atoms with van der Waals surface area (Å²) in [4.78, 5) is 25.8. The van der Waals surface area contributed by atoms with Crippen LogP contribution in [0.25, 0.3) is 0 Å². The van der Waals surface area contributed by atoms with E-state index in [2.05, 4.69) is 16.8 Å². The van der Waals surface area contributed by atoms with E-state index < -0.39 is 5.60 Å². The average molecular weight is 346 g/mol. The highest BCUT2D eigenvalue weighted by Crippen LogP contribution is 2.38. The third-order valence-corrected chi connectivity index (χ3v) is 4.65. The van der Waals surface area contributed by atoms with Gasteiger partial charge in [0.15, 0.2) is 0 Å². The molecule has 0 spiro atoms. The maximum absolute atomic E-state index is 12.4. The van der Waals surface area contributed by atoms with Crippen molar-refractivity contribution in [3.05, 3.63) is 18.1 Å². The van der Waals surface area contributed by atoms with Crippen molar-refractivity contribution < 1.29 is 9.53 Å².